The lowest BCUT2D eigenvalue weighted by Gasteiger charge is -2.21. The summed E-state index contributed by atoms with van der Waals surface area (Å²) in [5.74, 6) is 0.505. The predicted octanol–water partition coefficient (Wildman–Crippen LogP) is 2.39. The fourth-order valence-electron chi connectivity index (χ4n) is 2.96. The van der Waals surface area contributed by atoms with Gasteiger partial charge in [0.25, 0.3) is 0 Å². The van der Waals surface area contributed by atoms with Crippen LogP contribution in [0.3, 0.4) is 0 Å². The van der Waals surface area contributed by atoms with E-state index in [4.69, 9.17) is 9.84 Å². The number of methoxy groups -OCH3 is 1. The lowest BCUT2D eigenvalue weighted by atomic mass is 9.98. The molecule has 0 saturated carbocycles. The summed E-state index contributed by atoms with van der Waals surface area (Å²) in [7, 11) is 1.49. The molecular formula is C17H24FNO3. The smallest absolute Gasteiger partial charge is 0.227 e. The van der Waals surface area contributed by atoms with Gasteiger partial charge in [0.05, 0.1) is 13.5 Å². The molecule has 0 bridgehead atoms. The van der Waals surface area contributed by atoms with E-state index in [1.165, 1.54) is 13.2 Å². The van der Waals surface area contributed by atoms with Gasteiger partial charge >= 0.3 is 0 Å². The fourth-order valence-corrected chi connectivity index (χ4v) is 2.96. The lowest BCUT2D eigenvalue weighted by molar-refractivity contribution is -0.130. The van der Waals surface area contributed by atoms with Crippen molar-refractivity contribution in [3.63, 3.8) is 0 Å². The third kappa shape index (κ3) is 4.44. The molecule has 1 aromatic rings. The standard InChI is InChI=1S/C17H24FNO3/c1-22-15-5-4-14(16(18)12-15)11-17(21)19-8-2-3-13(6-9-19)7-10-20/h4-5,12-13,20H,2-3,6-11H2,1H3. The first-order chi connectivity index (χ1) is 10.6. The Morgan fingerprint density at radius 3 is 2.91 bits per heavy atom. The molecule has 1 atom stereocenters. The number of likely N-dealkylation sites (tertiary alicyclic amines) is 1. The third-order valence-corrected chi connectivity index (χ3v) is 4.34. The molecule has 22 heavy (non-hydrogen) atoms. The number of hydrogen-bond donors (Lipinski definition) is 1. The van der Waals surface area contributed by atoms with Crippen molar-refractivity contribution >= 4 is 5.91 Å². The minimum Gasteiger partial charge on any atom is -0.497 e. The van der Waals surface area contributed by atoms with Crippen LogP contribution in [0, 0.1) is 11.7 Å². The van der Waals surface area contributed by atoms with Crippen LogP contribution < -0.4 is 4.74 Å². The highest BCUT2D eigenvalue weighted by atomic mass is 19.1. The van der Waals surface area contributed by atoms with Crippen LogP contribution in [-0.4, -0.2) is 42.7 Å². The average Bonchev–Trinajstić information content (AvgIpc) is 2.75. The summed E-state index contributed by atoms with van der Waals surface area (Å²) in [5.41, 5.74) is 0.405. The summed E-state index contributed by atoms with van der Waals surface area (Å²) in [5, 5.41) is 9.02. The first kappa shape index (κ1) is 16.7. The fraction of sp³-hybridized carbons (Fsp3) is 0.588. The molecule has 1 unspecified atom stereocenters. The topological polar surface area (TPSA) is 49.8 Å². The number of rotatable bonds is 5. The van der Waals surface area contributed by atoms with Gasteiger partial charge in [-0.3, -0.25) is 4.79 Å². The minimum atomic E-state index is -0.402. The molecule has 0 aliphatic carbocycles. The largest absolute Gasteiger partial charge is 0.497 e. The van der Waals surface area contributed by atoms with Gasteiger partial charge in [0.1, 0.15) is 11.6 Å². The van der Waals surface area contributed by atoms with Crippen molar-refractivity contribution in [3.05, 3.63) is 29.6 Å². The number of benzene rings is 1. The molecular weight excluding hydrogens is 285 g/mol. The van der Waals surface area contributed by atoms with Crippen LogP contribution in [-0.2, 0) is 11.2 Å². The highest BCUT2D eigenvalue weighted by Crippen LogP contribution is 2.22. The molecule has 1 aliphatic heterocycles. The molecule has 1 fully saturated rings. The summed E-state index contributed by atoms with van der Waals surface area (Å²) in [6.07, 6.45) is 3.79. The summed E-state index contributed by atoms with van der Waals surface area (Å²) in [6, 6.07) is 4.59. The molecule has 1 heterocycles. The quantitative estimate of drug-likeness (QED) is 0.908. The predicted molar refractivity (Wildman–Crippen MR) is 82.3 cm³/mol. The molecule has 0 spiro atoms. The molecule has 1 N–H and O–H groups in total. The maximum absolute atomic E-state index is 13.9. The maximum Gasteiger partial charge on any atom is 0.227 e. The normalized spacial score (nSPS) is 18.9. The van der Waals surface area contributed by atoms with Crippen LogP contribution in [0.4, 0.5) is 4.39 Å². The second kappa shape index (κ2) is 8.13. The van der Waals surface area contributed by atoms with Gasteiger partial charge in [0, 0.05) is 25.8 Å². The minimum absolute atomic E-state index is 0.0336. The molecule has 2 rings (SSSR count). The number of aliphatic hydroxyl groups is 1. The zero-order chi connectivity index (χ0) is 15.9. The monoisotopic (exact) mass is 309 g/mol. The second-order valence-corrected chi connectivity index (χ2v) is 5.82. The third-order valence-electron chi connectivity index (χ3n) is 4.34. The average molecular weight is 309 g/mol. The van der Waals surface area contributed by atoms with Crippen molar-refractivity contribution < 1.29 is 19.0 Å². The van der Waals surface area contributed by atoms with Crippen molar-refractivity contribution in [2.75, 3.05) is 26.8 Å². The van der Waals surface area contributed by atoms with E-state index in [-0.39, 0.29) is 18.9 Å². The van der Waals surface area contributed by atoms with Gasteiger partial charge < -0.3 is 14.7 Å². The Hall–Kier alpha value is -1.62. The van der Waals surface area contributed by atoms with Crippen LogP contribution >= 0.6 is 0 Å². The highest BCUT2D eigenvalue weighted by molar-refractivity contribution is 5.78. The van der Waals surface area contributed by atoms with Crippen LogP contribution in [0.5, 0.6) is 5.75 Å². The summed E-state index contributed by atoms with van der Waals surface area (Å²) < 4.78 is 18.9. The molecule has 0 radical (unpaired) electrons. The van der Waals surface area contributed by atoms with E-state index in [2.05, 4.69) is 0 Å². The second-order valence-electron chi connectivity index (χ2n) is 5.82. The van der Waals surface area contributed by atoms with Gasteiger partial charge in [0.2, 0.25) is 5.91 Å². The Labute approximate surface area is 130 Å². The van der Waals surface area contributed by atoms with Crippen LogP contribution in [0.2, 0.25) is 0 Å². The molecule has 0 aromatic heterocycles. The summed E-state index contributed by atoms with van der Waals surface area (Å²) in [4.78, 5) is 14.2. The van der Waals surface area contributed by atoms with E-state index in [0.717, 1.165) is 32.2 Å². The van der Waals surface area contributed by atoms with E-state index >= 15 is 0 Å². The van der Waals surface area contributed by atoms with Gasteiger partial charge in [-0.05, 0) is 43.2 Å². The van der Waals surface area contributed by atoms with Gasteiger partial charge in [-0.2, -0.15) is 0 Å². The van der Waals surface area contributed by atoms with E-state index in [1.54, 1.807) is 12.1 Å². The van der Waals surface area contributed by atoms with Gasteiger partial charge in [0.15, 0.2) is 0 Å². The first-order valence-corrected chi connectivity index (χ1v) is 7.85. The van der Waals surface area contributed by atoms with Crippen molar-refractivity contribution in [3.8, 4) is 5.75 Å². The van der Waals surface area contributed by atoms with E-state index < -0.39 is 5.82 Å². The molecule has 1 aromatic carbocycles. The van der Waals surface area contributed by atoms with Crippen LogP contribution in [0.1, 0.15) is 31.2 Å². The van der Waals surface area contributed by atoms with Crippen molar-refractivity contribution in [2.24, 2.45) is 5.92 Å². The number of halogens is 1. The molecule has 122 valence electrons. The van der Waals surface area contributed by atoms with E-state index in [1.807, 2.05) is 4.90 Å². The van der Waals surface area contributed by atoms with Crippen LogP contribution in [0.15, 0.2) is 18.2 Å². The Bertz CT molecular complexity index is 507. The van der Waals surface area contributed by atoms with Crippen LogP contribution in [0.25, 0.3) is 0 Å². The molecule has 1 amide bonds. The summed E-state index contributed by atoms with van der Waals surface area (Å²) >= 11 is 0. The maximum atomic E-state index is 13.9. The zero-order valence-corrected chi connectivity index (χ0v) is 13.1. The SMILES string of the molecule is COc1ccc(CC(=O)N2CCCC(CCO)CC2)c(F)c1. The number of carbonyl (C=O) groups is 1. The molecule has 5 heteroatoms. The molecule has 1 aliphatic rings. The van der Waals surface area contributed by atoms with Crippen molar-refractivity contribution in [1.82, 2.24) is 4.90 Å². The van der Waals surface area contributed by atoms with Gasteiger partial charge in [-0.1, -0.05) is 6.07 Å². The number of hydrogen-bond acceptors (Lipinski definition) is 3. The molecule has 4 nitrogen and oxygen atoms in total. The highest BCUT2D eigenvalue weighted by Gasteiger charge is 2.21. The lowest BCUT2D eigenvalue weighted by Crippen LogP contribution is -2.33. The number of nitrogens with zero attached hydrogens (tertiary/aromatic N) is 1. The zero-order valence-electron chi connectivity index (χ0n) is 13.1. The van der Waals surface area contributed by atoms with Gasteiger partial charge in [-0.25, -0.2) is 4.39 Å². The Morgan fingerprint density at radius 1 is 1.41 bits per heavy atom. The van der Waals surface area contributed by atoms with Gasteiger partial charge in [-0.15, -0.1) is 0 Å². The Balaban J connectivity index is 1.94. The molecule has 1 saturated heterocycles. The number of ether oxygens (including phenoxy) is 1. The van der Waals surface area contributed by atoms with Crippen molar-refractivity contribution in [1.29, 1.82) is 0 Å². The number of carbonyl (C=O) groups excluding carboxylic acids is 1. The number of aliphatic hydroxyl groups excluding tert-OH is 1. The van der Waals surface area contributed by atoms with E-state index in [0.29, 0.717) is 23.8 Å². The van der Waals surface area contributed by atoms with E-state index in [9.17, 15) is 9.18 Å². The summed E-state index contributed by atoms with van der Waals surface area (Å²) in [6.45, 7) is 1.62. The Kier molecular flexibility index (Phi) is 6.19. The van der Waals surface area contributed by atoms with Crippen molar-refractivity contribution in [2.45, 2.75) is 32.1 Å². The first-order valence-electron chi connectivity index (χ1n) is 7.85. The Morgan fingerprint density at radius 2 is 2.23 bits per heavy atom. The number of amides is 1.